The topological polar surface area (TPSA) is 61.9 Å². The summed E-state index contributed by atoms with van der Waals surface area (Å²) in [5, 5.41) is 9.59. The highest BCUT2D eigenvalue weighted by molar-refractivity contribution is 6.32. The highest BCUT2D eigenvalue weighted by atomic mass is 35.5. The van der Waals surface area contributed by atoms with Crippen LogP contribution in [0.5, 0.6) is 0 Å². The molecule has 6 heteroatoms. The molecule has 0 bridgehead atoms. The third-order valence-electron chi connectivity index (χ3n) is 5.41. The lowest BCUT2D eigenvalue weighted by atomic mass is 9.85. The number of fused-ring (bicyclic) bond motifs is 1. The average molecular weight is 355 g/mol. The number of piperidine rings is 1. The number of hydrogen-bond donors (Lipinski definition) is 0. The Bertz CT molecular complexity index is 863. The highest BCUT2D eigenvalue weighted by Gasteiger charge is 2.49. The average Bonchev–Trinajstić information content (AvgIpc) is 3.25. The van der Waals surface area contributed by atoms with Gasteiger partial charge in [-0.2, -0.15) is 5.26 Å². The van der Waals surface area contributed by atoms with Gasteiger partial charge in [0.05, 0.1) is 18.0 Å². The molecule has 25 heavy (non-hydrogen) atoms. The molecule has 1 saturated heterocycles. The first-order valence-corrected chi connectivity index (χ1v) is 9.06. The van der Waals surface area contributed by atoms with E-state index >= 15 is 0 Å². The van der Waals surface area contributed by atoms with E-state index in [2.05, 4.69) is 11.1 Å². The van der Waals surface area contributed by atoms with Crippen LogP contribution in [0.15, 0.2) is 30.7 Å². The maximum absolute atomic E-state index is 13.6. The van der Waals surface area contributed by atoms with Gasteiger partial charge in [-0.05, 0) is 44.2 Å². The van der Waals surface area contributed by atoms with Gasteiger partial charge in [0.2, 0.25) is 0 Å². The van der Waals surface area contributed by atoms with Gasteiger partial charge in [-0.3, -0.25) is 4.79 Å². The van der Waals surface area contributed by atoms with Crippen LogP contribution in [0.2, 0.25) is 5.02 Å². The molecule has 2 aliphatic heterocycles. The van der Waals surface area contributed by atoms with Gasteiger partial charge in [0.15, 0.2) is 5.54 Å². The van der Waals surface area contributed by atoms with E-state index < -0.39 is 5.54 Å². The number of imidazole rings is 1. The molecule has 1 amide bonds. The van der Waals surface area contributed by atoms with Gasteiger partial charge in [0, 0.05) is 35.6 Å². The Kier molecular flexibility index (Phi) is 4.01. The fraction of sp³-hybridized carbons (Fsp3) is 0.421. The van der Waals surface area contributed by atoms with Crippen LogP contribution in [0.1, 0.15) is 42.5 Å². The predicted molar refractivity (Wildman–Crippen MR) is 94.2 cm³/mol. The molecule has 3 heterocycles. The molecule has 1 unspecified atom stereocenters. The molecular weight excluding hydrogens is 336 g/mol. The number of likely N-dealkylation sites (tertiary alicyclic amines) is 1. The van der Waals surface area contributed by atoms with Crippen molar-refractivity contribution in [2.24, 2.45) is 0 Å². The van der Waals surface area contributed by atoms with Gasteiger partial charge in [0.1, 0.15) is 0 Å². The predicted octanol–water partition coefficient (Wildman–Crippen LogP) is 3.11. The SMILES string of the molecule is N#Cc1ccc(C2(C(=O)N3CCCCC3)CCc3cncn32)c(Cl)c1. The summed E-state index contributed by atoms with van der Waals surface area (Å²) in [6.45, 7) is 1.58. The van der Waals surface area contributed by atoms with Crippen LogP contribution < -0.4 is 0 Å². The lowest BCUT2D eigenvalue weighted by Crippen LogP contribution is -2.51. The minimum Gasteiger partial charge on any atom is -0.340 e. The van der Waals surface area contributed by atoms with Crippen LogP contribution in [0.4, 0.5) is 0 Å². The van der Waals surface area contributed by atoms with Crippen LogP contribution in [0, 0.1) is 11.3 Å². The first-order valence-electron chi connectivity index (χ1n) is 8.68. The van der Waals surface area contributed by atoms with Gasteiger partial charge >= 0.3 is 0 Å². The quantitative estimate of drug-likeness (QED) is 0.832. The van der Waals surface area contributed by atoms with Crippen LogP contribution in [0.3, 0.4) is 0 Å². The fourth-order valence-corrected chi connectivity index (χ4v) is 4.49. The Morgan fingerprint density at radius 1 is 1.28 bits per heavy atom. The van der Waals surface area contributed by atoms with Crippen LogP contribution in [0.25, 0.3) is 0 Å². The summed E-state index contributed by atoms with van der Waals surface area (Å²) in [5.74, 6) is 0.0931. The van der Waals surface area contributed by atoms with Crippen molar-refractivity contribution in [2.45, 2.75) is 37.6 Å². The van der Waals surface area contributed by atoms with Crippen molar-refractivity contribution < 1.29 is 4.79 Å². The molecule has 1 aromatic heterocycles. The smallest absolute Gasteiger partial charge is 0.253 e. The summed E-state index contributed by atoms with van der Waals surface area (Å²) < 4.78 is 1.98. The maximum atomic E-state index is 13.6. The maximum Gasteiger partial charge on any atom is 0.253 e. The lowest BCUT2D eigenvalue weighted by molar-refractivity contribution is -0.139. The number of carbonyl (C=O) groups is 1. The Labute approximate surface area is 151 Å². The number of halogens is 1. The summed E-state index contributed by atoms with van der Waals surface area (Å²) in [6, 6.07) is 7.32. The zero-order valence-electron chi connectivity index (χ0n) is 13.9. The molecule has 1 aromatic carbocycles. The van der Waals surface area contributed by atoms with E-state index in [-0.39, 0.29) is 5.91 Å². The Balaban J connectivity index is 1.86. The van der Waals surface area contributed by atoms with E-state index in [0.29, 0.717) is 17.0 Å². The molecule has 0 radical (unpaired) electrons. The molecule has 2 aromatic rings. The van der Waals surface area contributed by atoms with Crippen molar-refractivity contribution in [3.05, 3.63) is 52.6 Å². The van der Waals surface area contributed by atoms with Crippen LogP contribution >= 0.6 is 11.6 Å². The molecule has 1 atom stereocenters. The number of aryl methyl sites for hydroxylation is 1. The van der Waals surface area contributed by atoms with Crippen LogP contribution in [-0.4, -0.2) is 33.4 Å². The molecule has 1 fully saturated rings. The number of nitriles is 1. The summed E-state index contributed by atoms with van der Waals surface area (Å²) in [6.07, 6.45) is 8.27. The zero-order chi connectivity index (χ0) is 17.4. The molecule has 4 rings (SSSR count). The largest absolute Gasteiger partial charge is 0.340 e. The third kappa shape index (κ3) is 2.44. The molecule has 0 spiro atoms. The number of rotatable bonds is 2. The number of nitrogens with zero attached hydrogens (tertiary/aromatic N) is 4. The standard InChI is InChI=1S/C19H19ClN4O/c20-17-10-14(11-21)4-5-16(17)19(7-6-15-12-22-13-24(15)19)18(25)23-8-2-1-3-9-23/h4-5,10,12-13H,1-3,6-9H2. The number of carbonyl (C=O) groups excluding carboxylic acids is 1. The van der Waals surface area contributed by atoms with Gasteiger partial charge in [-0.15, -0.1) is 0 Å². The van der Waals surface area contributed by atoms with E-state index in [4.69, 9.17) is 16.9 Å². The molecule has 0 aliphatic carbocycles. The second kappa shape index (κ2) is 6.20. The number of hydrogen-bond acceptors (Lipinski definition) is 3. The number of amides is 1. The van der Waals surface area contributed by atoms with Crippen LogP contribution in [-0.2, 0) is 16.8 Å². The molecule has 0 N–H and O–H groups in total. The third-order valence-corrected chi connectivity index (χ3v) is 5.72. The molecule has 0 saturated carbocycles. The molecule has 5 nitrogen and oxygen atoms in total. The first kappa shape index (κ1) is 16.2. The lowest BCUT2D eigenvalue weighted by Gasteiger charge is -2.38. The van der Waals surface area contributed by atoms with Crippen molar-refractivity contribution in [2.75, 3.05) is 13.1 Å². The number of aromatic nitrogens is 2. The Hall–Kier alpha value is -2.32. The van der Waals surface area contributed by atoms with E-state index in [9.17, 15) is 4.79 Å². The van der Waals surface area contributed by atoms with Gasteiger partial charge in [0.25, 0.3) is 5.91 Å². The summed E-state index contributed by atoms with van der Waals surface area (Å²) in [5.41, 5.74) is 1.46. The van der Waals surface area contributed by atoms with E-state index in [0.717, 1.165) is 43.6 Å². The Morgan fingerprint density at radius 2 is 2.08 bits per heavy atom. The normalized spacial score (nSPS) is 22.5. The van der Waals surface area contributed by atoms with Crippen molar-refractivity contribution in [1.82, 2.24) is 14.5 Å². The Morgan fingerprint density at radius 3 is 2.80 bits per heavy atom. The van der Waals surface area contributed by atoms with E-state index in [1.807, 2.05) is 21.7 Å². The summed E-state index contributed by atoms with van der Waals surface area (Å²) in [4.78, 5) is 19.9. The van der Waals surface area contributed by atoms with Gasteiger partial charge in [-0.1, -0.05) is 17.7 Å². The zero-order valence-corrected chi connectivity index (χ0v) is 14.7. The van der Waals surface area contributed by atoms with E-state index in [1.54, 1.807) is 18.5 Å². The fourth-order valence-electron chi connectivity index (χ4n) is 4.15. The van der Waals surface area contributed by atoms with Gasteiger partial charge in [-0.25, -0.2) is 4.98 Å². The second-order valence-electron chi connectivity index (χ2n) is 6.77. The van der Waals surface area contributed by atoms with Crippen molar-refractivity contribution >= 4 is 17.5 Å². The van der Waals surface area contributed by atoms with E-state index in [1.165, 1.54) is 6.42 Å². The molecular formula is C19H19ClN4O. The summed E-state index contributed by atoms with van der Waals surface area (Å²) >= 11 is 6.54. The van der Waals surface area contributed by atoms with Crippen molar-refractivity contribution in [1.29, 1.82) is 5.26 Å². The van der Waals surface area contributed by atoms with Crippen molar-refractivity contribution in [3.8, 4) is 6.07 Å². The van der Waals surface area contributed by atoms with Gasteiger partial charge < -0.3 is 9.47 Å². The second-order valence-corrected chi connectivity index (χ2v) is 7.18. The minimum absolute atomic E-state index is 0.0931. The monoisotopic (exact) mass is 354 g/mol. The molecule has 128 valence electrons. The minimum atomic E-state index is -0.853. The highest BCUT2D eigenvalue weighted by Crippen LogP contribution is 2.43. The van der Waals surface area contributed by atoms with Crippen molar-refractivity contribution in [3.63, 3.8) is 0 Å². The molecule has 2 aliphatic rings. The number of benzene rings is 1. The summed E-state index contributed by atoms with van der Waals surface area (Å²) in [7, 11) is 0. The first-order chi connectivity index (χ1) is 12.2.